The van der Waals surface area contributed by atoms with Crippen LogP contribution < -0.4 is 11.1 Å². The molecule has 0 saturated carbocycles. The molecule has 3 atom stereocenters. The lowest BCUT2D eigenvalue weighted by Crippen LogP contribution is -2.47. The summed E-state index contributed by atoms with van der Waals surface area (Å²) in [5, 5.41) is 4.12. The van der Waals surface area contributed by atoms with Crippen molar-refractivity contribution in [3.8, 4) is 0 Å². The summed E-state index contributed by atoms with van der Waals surface area (Å²) in [5.41, 5.74) is 8.36. The first kappa shape index (κ1) is 22.5. The highest BCUT2D eigenvalue weighted by Gasteiger charge is 2.26. The molecule has 7 heteroatoms. The summed E-state index contributed by atoms with van der Waals surface area (Å²) in [6, 6.07) is 9.79. The van der Waals surface area contributed by atoms with Crippen molar-refractivity contribution in [3.05, 3.63) is 83.3 Å². The Kier molecular flexibility index (Phi) is 7.19. The summed E-state index contributed by atoms with van der Waals surface area (Å²) >= 11 is 0. The summed E-state index contributed by atoms with van der Waals surface area (Å²) in [5.74, 6) is -1.21. The molecule has 0 spiro atoms. The minimum Gasteiger partial charge on any atom is -0.375 e. The smallest absolute Gasteiger partial charge is 0.130 e. The Morgan fingerprint density at radius 1 is 1.09 bits per heavy atom. The van der Waals surface area contributed by atoms with E-state index in [9.17, 15) is 13.2 Å². The van der Waals surface area contributed by atoms with Crippen LogP contribution in [-0.2, 0) is 11.2 Å². The van der Waals surface area contributed by atoms with Gasteiger partial charge in [0, 0.05) is 35.8 Å². The topological polar surface area (TPSA) is 60.2 Å². The number of hydrogen-bond donors (Lipinski definition) is 2. The monoisotopic (exact) mass is 441 g/mol. The summed E-state index contributed by atoms with van der Waals surface area (Å²) in [4.78, 5) is 4.28. The Bertz CT molecular complexity index is 1100. The molecule has 0 aliphatic carbocycles. The molecule has 1 aliphatic rings. The van der Waals surface area contributed by atoms with Crippen molar-refractivity contribution in [3.63, 3.8) is 0 Å². The van der Waals surface area contributed by atoms with Crippen LogP contribution in [0.2, 0.25) is 0 Å². The first-order valence-electron chi connectivity index (χ1n) is 10.7. The van der Waals surface area contributed by atoms with E-state index in [-0.39, 0.29) is 29.6 Å². The molecule has 2 aromatic carbocycles. The van der Waals surface area contributed by atoms with Gasteiger partial charge in [-0.3, -0.25) is 4.98 Å². The van der Waals surface area contributed by atoms with Gasteiger partial charge in [-0.25, -0.2) is 13.2 Å². The SMILES string of the molecule is N[C@@H](Cc1ccnc2ccc(F)cc12)[C@@H]1CC[C@@H](NC/C=C/c2cc(F)ccc2F)CO1. The number of benzene rings is 2. The average molecular weight is 441 g/mol. The minimum absolute atomic E-state index is 0.0817. The molecule has 0 unspecified atom stereocenters. The number of nitrogens with zero attached hydrogens (tertiary/aromatic N) is 1. The standard InChI is InChI=1S/C25H26F3N3O/c26-18-3-6-22(28)17(12-18)2-1-10-30-20-5-8-25(32-15-20)23(29)13-16-9-11-31-24-7-4-19(27)14-21(16)24/h1-4,6-7,9,11-12,14,20,23,25,30H,5,8,10,13,15,29H2/b2-1+/t20-,23+,25+/m1/s1. The first-order chi connectivity index (χ1) is 15.5. The van der Waals surface area contributed by atoms with Crippen LogP contribution in [0.25, 0.3) is 17.0 Å². The van der Waals surface area contributed by atoms with Gasteiger partial charge in [-0.2, -0.15) is 0 Å². The Hall–Kier alpha value is -2.74. The molecule has 168 valence electrons. The van der Waals surface area contributed by atoms with Gasteiger partial charge in [0.25, 0.3) is 0 Å². The molecule has 3 N–H and O–H groups in total. The molecule has 0 radical (unpaired) electrons. The van der Waals surface area contributed by atoms with Gasteiger partial charge in [0.05, 0.1) is 18.2 Å². The van der Waals surface area contributed by atoms with E-state index in [0.717, 1.165) is 41.4 Å². The van der Waals surface area contributed by atoms with Crippen molar-refractivity contribution in [1.29, 1.82) is 0 Å². The van der Waals surface area contributed by atoms with Gasteiger partial charge in [-0.1, -0.05) is 12.2 Å². The number of aromatic nitrogens is 1. The van der Waals surface area contributed by atoms with E-state index < -0.39 is 11.6 Å². The molecule has 3 aromatic rings. The highest BCUT2D eigenvalue weighted by molar-refractivity contribution is 5.82. The second-order valence-corrected chi connectivity index (χ2v) is 8.12. The number of halogens is 3. The van der Waals surface area contributed by atoms with Crippen molar-refractivity contribution >= 4 is 17.0 Å². The van der Waals surface area contributed by atoms with E-state index in [1.165, 1.54) is 18.2 Å². The van der Waals surface area contributed by atoms with Gasteiger partial charge in [-0.05, 0) is 67.3 Å². The summed E-state index contributed by atoms with van der Waals surface area (Å²) < 4.78 is 46.5. The van der Waals surface area contributed by atoms with Crippen molar-refractivity contribution < 1.29 is 17.9 Å². The molecule has 1 aromatic heterocycles. The van der Waals surface area contributed by atoms with Crippen LogP contribution in [0.15, 0.2) is 54.7 Å². The molecule has 1 saturated heterocycles. The largest absolute Gasteiger partial charge is 0.375 e. The zero-order valence-corrected chi connectivity index (χ0v) is 17.6. The van der Waals surface area contributed by atoms with Gasteiger partial charge in [0.1, 0.15) is 17.5 Å². The number of nitrogens with one attached hydrogen (secondary N) is 1. The van der Waals surface area contributed by atoms with Crippen LogP contribution in [0.4, 0.5) is 13.2 Å². The van der Waals surface area contributed by atoms with Crippen LogP contribution in [0, 0.1) is 17.5 Å². The van der Waals surface area contributed by atoms with E-state index in [1.54, 1.807) is 24.4 Å². The van der Waals surface area contributed by atoms with Crippen LogP contribution in [0.3, 0.4) is 0 Å². The van der Waals surface area contributed by atoms with Crippen LogP contribution in [-0.4, -0.2) is 36.3 Å². The molecular formula is C25H26F3N3O. The lowest BCUT2D eigenvalue weighted by Gasteiger charge is -2.33. The third-order valence-electron chi connectivity index (χ3n) is 5.82. The number of rotatable bonds is 7. The third kappa shape index (κ3) is 5.54. The Morgan fingerprint density at radius 2 is 1.91 bits per heavy atom. The fourth-order valence-electron chi connectivity index (χ4n) is 4.07. The first-order valence-corrected chi connectivity index (χ1v) is 10.7. The number of nitrogens with two attached hydrogens (primary N) is 1. The Labute approximate surface area is 185 Å². The summed E-state index contributed by atoms with van der Waals surface area (Å²) in [6.07, 6.45) is 7.24. The number of hydrogen-bond acceptors (Lipinski definition) is 4. The molecule has 1 fully saturated rings. The van der Waals surface area contributed by atoms with Gasteiger partial charge in [0.15, 0.2) is 0 Å². The molecule has 0 amide bonds. The maximum atomic E-state index is 13.7. The molecular weight excluding hydrogens is 415 g/mol. The van der Waals surface area contributed by atoms with Gasteiger partial charge < -0.3 is 15.8 Å². The van der Waals surface area contributed by atoms with Gasteiger partial charge >= 0.3 is 0 Å². The number of pyridine rings is 1. The summed E-state index contributed by atoms with van der Waals surface area (Å²) in [6.45, 7) is 1.04. The Balaban J connectivity index is 1.26. The van der Waals surface area contributed by atoms with Gasteiger partial charge in [0.2, 0.25) is 0 Å². The second kappa shape index (κ2) is 10.3. The predicted molar refractivity (Wildman–Crippen MR) is 120 cm³/mol. The van der Waals surface area contributed by atoms with Crippen molar-refractivity contribution in [1.82, 2.24) is 10.3 Å². The Morgan fingerprint density at radius 3 is 2.72 bits per heavy atom. The fraction of sp³-hybridized carbons (Fsp3) is 0.320. The molecule has 4 rings (SSSR count). The molecule has 2 heterocycles. The molecule has 1 aliphatic heterocycles. The van der Waals surface area contributed by atoms with Crippen LogP contribution in [0.5, 0.6) is 0 Å². The van der Waals surface area contributed by atoms with Crippen molar-refractivity contribution in [2.75, 3.05) is 13.2 Å². The third-order valence-corrected chi connectivity index (χ3v) is 5.82. The van der Waals surface area contributed by atoms with Crippen LogP contribution in [0.1, 0.15) is 24.0 Å². The fourth-order valence-corrected chi connectivity index (χ4v) is 4.07. The van der Waals surface area contributed by atoms with E-state index in [0.29, 0.717) is 19.6 Å². The number of fused-ring (bicyclic) bond motifs is 1. The van der Waals surface area contributed by atoms with E-state index in [1.807, 2.05) is 6.07 Å². The average Bonchev–Trinajstić information content (AvgIpc) is 2.79. The highest BCUT2D eigenvalue weighted by Crippen LogP contribution is 2.23. The zero-order chi connectivity index (χ0) is 22.5. The molecule has 0 bridgehead atoms. The minimum atomic E-state index is -0.466. The van der Waals surface area contributed by atoms with Crippen molar-refractivity contribution in [2.45, 2.75) is 37.5 Å². The highest BCUT2D eigenvalue weighted by atomic mass is 19.1. The van der Waals surface area contributed by atoms with E-state index >= 15 is 0 Å². The lowest BCUT2D eigenvalue weighted by atomic mass is 9.94. The summed E-state index contributed by atoms with van der Waals surface area (Å²) in [7, 11) is 0. The zero-order valence-electron chi connectivity index (χ0n) is 17.6. The van der Waals surface area contributed by atoms with Crippen molar-refractivity contribution in [2.24, 2.45) is 5.73 Å². The maximum Gasteiger partial charge on any atom is 0.130 e. The lowest BCUT2D eigenvalue weighted by molar-refractivity contribution is -0.0156. The van der Waals surface area contributed by atoms with E-state index in [4.69, 9.17) is 10.5 Å². The molecule has 32 heavy (non-hydrogen) atoms. The van der Waals surface area contributed by atoms with Crippen LogP contribution >= 0.6 is 0 Å². The second-order valence-electron chi connectivity index (χ2n) is 8.12. The number of ether oxygens (including phenoxy) is 1. The maximum absolute atomic E-state index is 13.7. The van der Waals surface area contributed by atoms with E-state index in [2.05, 4.69) is 10.3 Å². The normalized spacial score (nSPS) is 20.1. The quantitative estimate of drug-likeness (QED) is 0.572. The molecule has 4 nitrogen and oxygen atoms in total. The van der Waals surface area contributed by atoms with Gasteiger partial charge in [-0.15, -0.1) is 0 Å². The predicted octanol–water partition coefficient (Wildman–Crippen LogP) is 4.37.